The van der Waals surface area contributed by atoms with Crippen LogP contribution in [0.5, 0.6) is 0 Å². The number of rotatable bonds is 10. The molecule has 0 aromatic heterocycles. The molecule has 0 aliphatic rings. The van der Waals surface area contributed by atoms with E-state index in [-0.39, 0.29) is 24.0 Å². The average molecular weight is 477 g/mol. The summed E-state index contributed by atoms with van der Waals surface area (Å²) < 4.78 is 5.46. The lowest BCUT2D eigenvalue weighted by Crippen LogP contribution is -2.39. The van der Waals surface area contributed by atoms with Gasteiger partial charge in [-0.1, -0.05) is 50.6 Å². The van der Waals surface area contributed by atoms with Crippen molar-refractivity contribution in [3.05, 3.63) is 35.4 Å². The number of nitrogens with one attached hydrogen (secondary N) is 2. The molecule has 0 aliphatic heterocycles. The second-order valence-electron chi connectivity index (χ2n) is 7.00. The predicted molar refractivity (Wildman–Crippen MR) is 121 cm³/mol. The number of aliphatic imine (C=N–C) groups is 1. The summed E-state index contributed by atoms with van der Waals surface area (Å²) in [5.41, 5.74) is 2.58. The predicted octanol–water partition coefficient (Wildman–Crippen LogP) is 3.31. The van der Waals surface area contributed by atoms with Crippen LogP contribution in [0.3, 0.4) is 0 Å². The van der Waals surface area contributed by atoms with Crippen molar-refractivity contribution in [2.75, 3.05) is 32.8 Å². The van der Waals surface area contributed by atoms with Crippen molar-refractivity contribution in [1.82, 2.24) is 10.6 Å². The minimum absolute atomic E-state index is 0. The van der Waals surface area contributed by atoms with Crippen LogP contribution < -0.4 is 10.6 Å². The highest BCUT2D eigenvalue weighted by molar-refractivity contribution is 14.0. The third kappa shape index (κ3) is 11.0. The van der Waals surface area contributed by atoms with E-state index < -0.39 is 6.10 Å². The van der Waals surface area contributed by atoms with Crippen molar-refractivity contribution in [2.24, 2.45) is 10.9 Å². The number of ether oxygens (including phenoxy) is 1. The van der Waals surface area contributed by atoms with Crippen LogP contribution in [0, 0.1) is 12.8 Å². The molecule has 0 saturated carbocycles. The molecule has 0 saturated heterocycles. The van der Waals surface area contributed by atoms with Gasteiger partial charge in [0.25, 0.3) is 0 Å². The maximum Gasteiger partial charge on any atom is 0.191 e. The molecule has 2 atom stereocenters. The van der Waals surface area contributed by atoms with Crippen LogP contribution >= 0.6 is 24.0 Å². The smallest absolute Gasteiger partial charge is 0.191 e. The maximum atomic E-state index is 9.98. The van der Waals surface area contributed by atoms with Crippen molar-refractivity contribution < 1.29 is 9.84 Å². The van der Waals surface area contributed by atoms with Gasteiger partial charge in [0.1, 0.15) is 0 Å². The Kier molecular flexibility index (Phi) is 13.8. The lowest BCUT2D eigenvalue weighted by atomic mass is 9.99. The van der Waals surface area contributed by atoms with Gasteiger partial charge < -0.3 is 20.5 Å². The van der Waals surface area contributed by atoms with Crippen molar-refractivity contribution in [1.29, 1.82) is 0 Å². The Morgan fingerprint density at radius 1 is 1.19 bits per heavy atom. The van der Waals surface area contributed by atoms with Crippen LogP contribution in [0.25, 0.3) is 0 Å². The Balaban J connectivity index is 0.00000625. The van der Waals surface area contributed by atoms with E-state index in [0.717, 1.165) is 19.0 Å². The molecule has 1 aromatic carbocycles. The molecule has 5 nitrogen and oxygen atoms in total. The van der Waals surface area contributed by atoms with Gasteiger partial charge in [0.15, 0.2) is 5.96 Å². The Bertz CT molecular complexity index is 524. The number of guanidine groups is 1. The number of aryl methyl sites for hydroxylation is 1. The summed E-state index contributed by atoms with van der Waals surface area (Å²) in [6.45, 7) is 13.4. The van der Waals surface area contributed by atoms with Gasteiger partial charge in [0.05, 0.1) is 19.3 Å². The van der Waals surface area contributed by atoms with E-state index in [1.54, 1.807) is 0 Å². The lowest BCUT2D eigenvalue weighted by Gasteiger charge is -2.17. The van der Waals surface area contributed by atoms with E-state index >= 15 is 0 Å². The summed E-state index contributed by atoms with van der Waals surface area (Å²) in [5, 5.41) is 16.5. The molecule has 0 fully saturated rings. The number of nitrogens with zero attached hydrogens (tertiary/aromatic N) is 1. The molecule has 6 heteroatoms. The molecule has 0 bridgehead atoms. The molecular weight excluding hydrogens is 441 g/mol. The van der Waals surface area contributed by atoms with E-state index in [9.17, 15) is 5.11 Å². The molecular formula is C20H36IN3O2. The summed E-state index contributed by atoms with van der Waals surface area (Å²) in [5.74, 6) is 1.57. The Morgan fingerprint density at radius 3 is 2.54 bits per heavy atom. The van der Waals surface area contributed by atoms with Crippen LogP contribution in [0.4, 0.5) is 0 Å². The zero-order valence-electron chi connectivity index (χ0n) is 16.8. The molecule has 3 N–H and O–H groups in total. The molecule has 0 heterocycles. The monoisotopic (exact) mass is 477 g/mol. The third-order valence-corrected chi connectivity index (χ3v) is 3.75. The lowest BCUT2D eigenvalue weighted by molar-refractivity contribution is 0.0301. The number of hydrogen-bond acceptors (Lipinski definition) is 3. The van der Waals surface area contributed by atoms with E-state index in [4.69, 9.17) is 4.74 Å². The van der Waals surface area contributed by atoms with Gasteiger partial charge in [-0.15, -0.1) is 24.0 Å². The van der Waals surface area contributed by atoms with Crippen molar-refractivity contribution in [3.8, 4) is 0 Å². The Hall–Kier alpha value is -0.860. The van der Waals surface area contributed by atoms with Crippen molar-refractivity contribution in [3.63, 3.8) is 0 Å². The average Bonchev–Trinajstić information content (AvgIpc) is 2.56. The molecule has 1 aromatic rings. The SMILES string of the molecule is CCNC(=NCC(O)COCC(C)C)NCC(C)c1cccc(C)c1.I. The minimum Gasteiger partial charge on any atom is -0.389 e. The Morgan fingerprint density at radius 2 is 1.92 bits per heavy atom. The summed E-state index contributed by atoms with van der Waals surface area (Å²) >= 11 is 0. The number of aliphatic hydroxyl groups is 1. The van der Waals surface area contributed by atoms with E-state index in [2.05, 4.69) is 67.6 Å². The second-order valence-corrected chi connectivity index (χ2v) is 7.00. The first-order chi connectivity index (χ1) is 11.9. The first-order valence-corrected chi connectivity index (χ1v) is 9.26. The summed E-state index contributed by atoms with van der Waals surface area (Å²) in [7, 11) is 0. The topological polar surface area (TPSA) is 65.9 Å². The molecule has 0 aliphatic carbocycles. The molecule has 150 valence electrons. The van der Waals surface area contributed by atoms with E-state index in [0.29, 0.717) is 31.6 Å². The summed E-state index contributed by atoms with van der Waals surface area (Å²) in [6.07, 6.45) is -0.580. The van der Waals surface area contributed by atoms with Crippen molar-refractivity contribution in [2.45, 2.75) is 46.6 Å². The number of halogens is 1. The van der Waals surface area contributed by atoms with Gasteiger partial charge in [-0.05, 0) is 31.2 Å². The standard InChI is InChI=1S/C20H35N3O2.HI/c1-6-21-20(23-12-19(24)14-25-13-15(2)3)22-11-17(5)18-9-7-8-16(4)10-18;/h7-10,15,17,19,24H,6,11-14H2,1-5H3,(H2,21,22,23);1H. The first kappa shape index (κ1) is 25.1. The fraction of sp³-hybridized carbons (Fsp3) is 0.650. The minimum atomic E-state index is -0.580. The van der Waals surface area contributed by atoms with Gasteiger partial charge in [-0.2, -0.15) is 0 Å². The zero-order chi connectivity index (χ0) is 18.7. The summed E-state index contributed by atoms with van der Waals surface area (Å²) in [4.78, 5) is 4.46. The van der Waals surface area contributed by atoms with Gasteiger partial charge in [-0.3, -0.25) is 4.99 Å². The second kappa shape index (κ2) is 14.2. The molecule has 1 rings (SSSR count). The largest absolute Gasteiger partial charge is 0.389 e. The normalized spacial score (nSPS) is 13.9. The molecule has 0 amide bonds. The highest BCUT2D eigenvalue weighted by Crippen LogP contribution is 2.15. The number of benzene rings is 1. The van der Waals surface area contributed by atoms with E-state index in [1.807, 2.05) is 6.92 Å². The van der Waals surface area contributed by atoms with Gasteiger partial charge >= 0.3 is 0 Å². The molecule has 0 radical (unpaired) electrons. The first-order valence-electron chi connectivity index (χ1n) is 9.26. The highest BCUT2D eigenvalue weighted by Gasteiger charge is 2.08. The van der Waals surface area contributed by atoms with Crippen LogP contribution in [-0.2, 0) is 4.74 Å². The zero-order valence-corrected chi connectivity index (χ0v) is 19.1. The molecule has 2 unspecified atom stereocenters. The van der Waals surface area contributed by atoms with Gasteiger partial charge in [-0.25, -0.2) is 0 Å². The van der Waals surface area contributed by atoms with Crippen LogP contribution in [0.1, 0.15) is 44.7 Å². The summed E-state index contributed by atoms with van der Waals surface area (Å²) in [6, 6.07) is 8.57. The van der Waals surface area contributed by atoms with Crippen LogP contribution in [-0.4, -0.2) is 50.0 Å². The van der Waals surface area contributed by atoms with Crippen LogP contribution in [0.2, 0.25) is 0 Å². The fourth-order valence-corrected chi connectivity index (χ4v) is 2.38. The van der Waals surface area contributed by atoms with E-state index in [1.165, 1.54) is 11.1 Å². The number of aliphatic hydroxyl groups excluding tert-OH is 1. The number of hydrogen-bond donors (Lipinski definition) is 3. The third-order valence-electron chi connectivity index (χ3n) is 3.75. The Labute approximate surface area is 176 Å². The van der Waals surface area contributed by atoms with Gasteiger partial charge in [0, 0.05) is 19.7 Å². The van der Waals surface area contributed by atoms with Gasteiger partial charge in [0.2, 0.25) is 0 Å². The quantitative estimate of drug-likeness (QED) is 0.275. The highest BCUT2D eigenvalue weighted by atomic mass is 127. The molecule has 26 heavy (non-hydrogen) atoms. The maximum absolute atomic E-state index is 9.98. The van der Waals surface area contributed by atoms with Crippen LogP contribution in [0.15, 0.2) is 29.3 Å². The van der Waals surface area contributed by atoms with Crippen molar-refractivity contribution >= 4 is 29.9 Å². The fourth-order valence-electron chi connectivity index (χ4n) is 2.38. The molecule has 0 spiro atoms.